The molecule has 1 amide bonds. The summed E-state index contributed by atoms with van der Waals surface area (Å²) < 4.78 is 11.6. The van der Waals surface area contributed by atoms with Gasteiger partial charge in [-0.25, -0.2) is 4.79 Å². The fraction of sp³-hybridized carbons (Fsp3) is 0.130. The van der Waals surface area contributed by atoms with E-state index in [1.807, 2.05) is 0 Å². The standard InChI is InChI=1S/C23H19Cl2NO5/c1-2-20(22(27)26-19-9-4-3-8-17(19)23(28)29)30-15-6-5-7-16(13-15)31-21-11-10-14(24)12-18(21)25/h3-13,20H,2H2,1H3,(H,26,27)(H,28,29). The highest BCUT2D eigenvalue weighted by molar-refractivity contribution is 6.35. The average molecular weight is 460 g/mol. The smallest absolute Gasteiger partial charge is 0.337 e. The van der Waals surface area contributed by atoms with E-state index in [9.17, 15) is 14.7 Å². The summed E-state index contributed by atoms with van der Waals surface area (Å²) in [5.74, 6) is -0.276. The first-order chi connectivity index (χ1) is 14.9. The Kier molecular flexibility index (Phi) is 7.39. The Balaban J connectivity index is 1.72. The molecule has 3 rings (SSSR count). The zero-order chi connectivity index (χ0) is 22.4. The maximum absolute atomic E-state index is 12.7. The van der Waals surface area contributed by atoms with Gasteiger partial charge in [0.05, 0.1) is 16.3 Å². The number of anilines is 1. The van der Waals surface area contributed by atoms with E-state index in [0.29, 0.717) is 33.7 Å². The summed E-state index contributed by atoms with van der Waals surface area (Å²) in [7, 11) is 0. The highest BCUT2D eigenvalue weighted by Gasteiger charge is 2.21. The number of carbonyl (C=O) groups excluding carboxylic acids is 1. The van der Waals surface area contributed by atoms with Crippen molar-refractivity contribution in [3.8, 4) is 17.2 Å². The molecule has 2 N–H and O–H groups in total. The topological polar surface area (TPSA) is 84.9 Å². The van der Waals surface area contributed by atoms with Crippen molar-refractivity contribution in [3.05, 3.63) is 82.3 Å². The summed E-state index contributed by atoms with van der Waals surface area (Å²) in [4.78, 5) is 24.0. The van der Waals surface area contributed by atoms with Gasteiger partial charge >= 0.3 is 5.97 Å². The lowest BCUT2D eigenvalue weighted by atomic mass is 10.1. The van der Waals surface area contributed by atoms with Crippen LogP contribution in [-0.2, 0) is 4.79 Å². The summed E-state index contributed by atoms with van der Waals surface area (Å²) in [5, 5.41) is 12.8. The molecule has 0 radical (unpaired) electrons. The highest BCUT2D eigenvalue weighted by Crippen LogP contribution is 2.33. The number of hydrogen-bond acceptors (Lipinski definition) is 4. The van der Waals surface area contributed by atoms with Crippen molar-refractivity contribution >= 4 is 40.8 Å². The molecule has 6 nitrogen and oxygen atoms in total. The SMILES string of the molecule is CCC(Oc1cccc(Oc2ccc(Cl)cc2Cl)c1)C(=O)Nc1ccccc1C(=O)O. The number of aromatic carboxylic acids is 1. The molecule has 0 aliphatic heterocycles. The van der Waals surface area contributed by atoms with Gasteiger partial charge < -0.3 is 19.9 Å². The van der Waals surface area contributed by atoms with E-state index in [0.717, 1.165) is 0 Å². The maximum Gasteiger partial charge on any atom is 0.337 e. The minimum Gasteiger partial charge on any atom is -0.480 e. The van der Waals surface area contributed by atoms with Crippen molar-refractivity contribution in [1.29, 1.82) is 0 Å². The summed E-state index contributed by atoms with van der Waals surface area (Å²) in [6.45, 7) is 1.79. The van der Waals surface area contributed by atoms with Crippen LogP contribution in [0.2, 0.25) is 10.0 Å². The fourth-order valence-corrected chi connectivity index (χ4v) is 3.22. The molecule has 0 aromatic heterocycles. The number of halogens is 2. The van der Waals surface area contributed by atoms with Crippen LogP contribution in [0.1, 0.15) is 23.7 Å². The first-order valence-electron chi connectivity index (χ1n) is 9.40. The summed E-state index contributed by atoms with van der Waals surface area (Å²) in [6, 6.07) is 17.8. The van der Waals surface area contributed by atoms with E-state index in [-0.39, 0.29) is 11.3 Å². The molecule has 31 heavy (non-hydrogen) atoms. The van der Waals surface area contributed by atoms with Crippen LogP contribution in [0.3, 0.4) is 0 Å². The van der Waals surface area contributed by atoms with E-state index >= 15 is 0 Å². The monoisotopic (exact) mass is 459 g/mol. The number of carboxylic acid groups (broad SMARTS) is 1. The van der Waals surface area contributed by atoms with E-state index < -0.39 is 18.0 Å². The van der Waals surface area contributed by atoms with Gasteiger partial charge in [0.1, 0.15) is 17.2 Å². The first-order valence-corrected chi connectivity index (χ1v) is 10.2. The van der Waals surface area contributed by atoms with Crippen LogP contribution in [0.25, 0.3) is 0 Å². The van der Waals surface area contributed by atoms with Crippen LogP contribution in [-0.4, -0.2) is 23.1 Å². The molecule has 0 fully saturated rings. The van der Waals surface area contributed by atoms with Crippen LogP contribution < -0.4 is 14.8 Å². The number of nitrogens with one attached hydrogen (secondary N) is 1. The molecule has 0 aliphatic carbocycles. The Morgan fingerprint density at radius 1 is 1.00 bits per heavy atom. The second-order valence-corrected chi connectivity index (χ2v) is 7.35. The molecule has 0 spiro atoms. The van der Waals surface area contributed by atoms with Crippen molar-refractivity contribution < 1.29 is 24.2 Å². The average Bonchev–Trinajstić information content (AvgIpc) is 2.74. The number of amides is 1. The van der Waals surface area contributed by atoms with Gasteiger partial charge in [-0.1, -0.05) is 48.3 Å². The molecular weight excluding hydrogens is 441 g/mol. The molecule has 160 valence electrons. The molecule has 0 heterocycles. The number of rotatable bonds is 8. The molecular formula is C23H19Cl2NO5. The van der Waals surface area contributed by atoms with Crippen molar-refractivity contribution in [2.45, 2.75) is 19.4 Å². The van der Waals surface area contributed by atoms with E-state index in [1.54, 1.807) is 61.5 Å². The van der Waals surface area contributed by atoms with Gasteiger partial charge in [-0.15, -0.1) is 0 Å². The fourth-order valence-electron chi connectivity index (χ4n) is 2.77. The Morgan fingerprint density at radius 3 is 2.45 bits per heavy atom. The summed E-state index contributed by atoms with van der Waals surface area (Å²) in [6.07, 6.45) is -0.467. The predicted octanol–water partition coefficient (Wildman–Crippen LogP) is 6.28. The maximum atomic E-state index is 12.7. The van der Waals surface area contributed by atoms with E-state index in [4.69, 9.17) is 32.7 Å². The molecule has 8 heteroatoms. The highest BCUT2D eigenvalue weighted by atomic mass is 35.5. The quantitative estimate of drug-likeness (QED) is 0.413. The van der Waals surface area contributed by atoms with E-state index in [1.165, 1.54) is 12.1 Å². The third-order valence-corrected chi connectivity index (χ3v) is 4.81. The number of ether oxygens (including phenoxy) is 2. The molecule has 0 saturated carbocycles. The number of carbonyl (C=O) groups is 2. The lowest BCUT2D eigenvalue weighted by Gasteiger charge is -2.18. The zero-order valence-corrected chi connectivity index (χ0v) is 18.0. The van der Waals surface area contributed by atoms with Crippen molar-refractivity contribution in [2.75, 3.05) is 5.32 Å². The van der Waals surface area contributed by atoms with Gasteiger partial charge in [-0.05, 0) is 48.9 Å². The normalized spacial score (nSPS) is 11.5. The lowest BCUT2D eigenvalue weighted by Crippen LogP contribution is -2.32. The molecule has 3 aromatic carbocycles. The minimum absolute atomic E-state index is 0.000874. The summed E-state index contributed by atoms with van der Waals surface area (Å²) >= 11 is 12.0. The molecule has 1 unspecified atom stereocenters. The van der Waals surface area contributed by atoms with Crippen LogP contribution >= 0.6 is 23.2 Å². The van der Waals surface area contributed by atoms with Gasteiger partial charge in [0.25, 0.3) is 5.91 Å². The van der Waals surface area contributed by atoms with Gasteiger partial charge in [0.2, 0.25) is 0 Å². The Labute approximate surface area is 189 Å². The van der Waals surface area contributed by atoms with Crippen molar-refractivity contribution in [3.63, 3.8) is 0 Å². The third-order valence-electron chi connectivity index (χ3n) is 4.28. The Bertz CT molecular complexity index is 1100. The Morgan fingerprint density at radius 2 is 1.74 bits per heavy atom. The molecule has 3 aromatic rings. The Hall–Kier alpha value is -3.22. The van der Waals surface area contributed by atoms with Crippen LogP contribution in [0.4, 0.5) is 5.69 Å². The van der Waals surface area contributed by atoms with Gasteiger partial charge in [-0.3, -0.25) is 4.79 Å². The number of hydrogen-bond donors (Lipinski definition) is 2. The zero-order valence-electron chi connectivity index (χ0n) is 16.5. The molecule has 0 saturated heterocycles. The number of carboxylic acids is 1. The first kappa shape index (κ1) is 22.5. The van der Waals surface area contributed by atoms with Gasteiger partial charge in [0, 0.05) is 11.1 Å². The third kappa shape index (κ3) is 5.90. The van der Waals surface area contributed by atoms with Crippen LogP contribution in [0, 0.1) is 0 Å². The summed E-state index contributed by atoms with van der Waals surface area (Å²) in [5.41, 5.74) is 0.206. The number of para-hydroxylation sites is 1. The molecule has 1 atom stereocenters. The van der Waals surface area contributed by atoms with Crippen LogP contribution in [0.5, 0.6) is 17.2 Å². The molecule has 0 bridgehead atoms. The van der Waals surface area contributed by atoms with Crippen LogP contribution in [0.15, 0.2) is 66.7 Å². The largest absolute Gasteiger partial charge is 0.480 e. The van der Waals surface area contributed by atoms with E-state index in [2.05, 4.69) is 5.32 Å². The van der Waals surface area contributed by atoms with Crippen molar-refractivity contribution in [1.82, 2.24) is 0 Å². The molecule has 0 aliphatic rings. The van der Waals surface area contributed by atoms with Gasteiger partial charge in [-0.2, -0.15) is 0 Å². The number of benzene rings is 3. The van der Waals surface area contributed by atoms with Gasteiger partial charge in [0.15, 0.2) is 6.10 Å². The second kappa shape index (κ2) is 10.2. The second-order valence-electron chi connectivity index (χ2n) is 6.51. The van der Waals surface area contributed by atoms with Crippen molar-refractivity contribution in [2.24, 2.45) is 0 Å². The minimum atomic E-state index is -1.13. The predicted molar refractivity (Wildman–Crippen MR) is 120 cm³/mol. The lowest BCUT2D eigenvalue weighted by molar-refractivity contribution is -0.122.